The number of esters is 2. The Morgan fingerprint density at radius 3 is 2.52 bits per heavy atom. The maximum atomic E-state index is 12.8. The highest BCUT2D eigenvalue weighted by Gasteiger charge is 2.60. The molecule has 8 nitrogen and oxygen atoms in total. The lowest BCUT2D eigenvalue weighted by molar-refractivity contribution is -0.165. The molecule has 0 radical (unpaired) electrons. The summed E-state index contributed by atoms with van der Waals surface area (Å²) in [6.45, 7) is 5.05. The van der Waals surface area contributed by atoms with Gasteiger partial charge in [0.05, 0.1) is 13.2 Å². The normalized spacial score (nSPS) is 22.6. The van der Waals surface area contributed by atoms with Gasteiger partial charge in [-0.3, -0.25) is 4.79 Å². The summed E-state index contributed by atoms with van der Waals surface area (Å²) in [5.41, 5.74) is 0. The molecule has 0 aliphatic carbocycles. The number of thiocarbonyl (C=S) groups is 1. The van der Waals surface area contributed by atoms with Gasteiger partial charge in [-0.2, -0.15) is 0 Å². The number of thioether (sulfide) groups is 1. The van der Waals surface area contributed by atoms with Crippen molar-refractivity contribution in [3.63, 3.8) is 0 Å². The van der Waals surface area contributed by atoms with Crippen LogP contribution in [0.3, 0.4) is 0 Å². The molecule has 134 valence electrons. The number of aromatic nitrogens is 2. The van der Waals surface area contributed by atoms with E-state index in [0.29, 0.717) is 0 Å². The first-order valence-corrected chi connectivity index (χ1v) is 8.75. The molecule has 2 heterocycles. The smallest absolute Gasteiger partial charge is 0.363 e. The Morgan fingerprint density at radius 2 is 1.92 bits per heavy atom. The van der Waals surface area contributed by atoms with Crippen LogP contribution in [-0.4, -0.2) is 50.9 Å². The summed E-state index contributed by atoms with van der Waals surface area (Å²) in [4.78, 5) is 35.6. The van der Waals surface area contributed by atoms with E-state index in [4.69, 9.17) is 26.4 Å². The van der Waals surface area contributed by atoms with Crippen molar-refractivity contribution in [1.82, 2.24) is 9.97 Å². The Labute approximate surface area is 154 Å². The third-order valence-corrected chi connectivity index (χ3v) is 4.57. The van der Waals surface area contributed by atoms with E-state index in [1.165, 1.54) is 19.3 Å². The first-order valence-electron chi connectivity index (χ1n) is 7.52. The van der Waals surface area contributed by atoms with E-state index >= 15 is 0 Å². The average molecular weight is 383 g/mol. The molecule has 2 rings (SSSR count). The number of aliphatic imine (C=N–C) groups is 1. The largest absolute Gasteiger partial charge is 0.465 e. The molecule has 0 saturated heterocycles. The number of ether oxygens (including phenoxy) is 3. The molecular weight excluding hydrogens is 366 g/mol. The molecule has 0 saturated carbocycles. The first kappa shape index (κ1) is 19.3. The van der Waals surface area contributed by atoms with Gasteiger partial charge in [-0.25, -0.2) is 19.8 Å². The second kappa shape index (κ2) is 8.34. The van der Waals surface area contributed by atoms with Crippen LogP contribution in [0, 0.1) is 5.92 Å². The summed E-state index contributed by atoms with van der Waals surface area (Å²) >= 11 is 6.07. The molecule has 0 aromatic carbocycles. The topological polar surface area (TPSA) is 100.0 Å². The average Bonchev–Trinajstić information content (AvgIpc) is 2.55. The zero-order chi connectivity index (χ0) is 18.4. The molecule has 25 heavy (non-hydrogen) atoms. The van der Waals surface area contributed by atoms with E-state index in [0.717, 1.165) is 11.8 Å². The summed E-state index contributed by atoms with van der Waals surface area (Å²) in [7, 11) is 0. The summed E-state index contributed by atoms with van der Waals surface area (Å²) in [6.07, 6.45) is 3.02. The fraction of sp³-hybridized carbons (Fsp3) is 0.467. The number of hydrogen-bond acceptors (Lipinski definition) is 9. The molecule has 10 heteroatoms. The minimum atomic E-state index is -1.84. The molecule has 0 spiro atoms. The predicted octanol–water partition coefficient (Wildman–Crippen LogP) is 1.78. The van der Waals surface area contributed by atoms with Crippen molar-refractivity contribution in [3.05, 3.63) is 18.5 Å². The van der Waals surface area contributed by atoms with Crippen molar-refractivity contribution in [1.29, 1.82) is 0 Å². The van der Waals surface area contributed by atoms with Crippen LogP contribution in [0.2, 0.25) is 0 Å². The lowest BCUT2D eigenvalue weighted by Gasteiger charge is -2.37. The maximum Gasteiger partial charge on any atom is 0.363 e. The fourth-order valence-corrected chi connectivity index (χ4v) is 3.75. The van der Waals surface area contributed by atoms with E-state index in [1.54, 1.807) is 19.9 Å². The molecule has 2 atom stereocenters. The fourth-order valence-electron chi connectivity index (χ4n) is 2.15. The van der Waals surface area contributed by atoms with Crippen molar-refractivity contribution < 1.29 is 23.8 Å². The lowest BCUT2D eigenvalue weighted by Crippen LogP contribution is -2.56. The summed E-state index contributed by atoms with van der Waals surface area (Å²) in [5, 5.41) is 0.224. The standard InChI is InChI=1S/C15H17N3O5S2/c1-4-21-12(19)10-11(24)18-9(3)23-15(10,13(20)22-5-2)25-14-16-7-6-8-17-14/h6-8,10H,4-5H2,1-3H3/t10-,15+/m0/s1. The Morgan fingerprint density at radius 1 is 1.28 bits per heavy atom. The highest BCUT2D eigenvalue weighted by Crippen LogP contribution is 2.43. The highest BCUT2D eigenvalue weighted by atomic mass is 32.2. The molecular formula is C15H17N3O5S2. The van der Waals surface area contributed by atoms with Gasteiger partial charge in [-0.1, -0.05) is 12.2 Å². The van der Waals surface area contributed by atoms with Crippen molar-refractivity contribution in [2.24, 2.45) is 10.9 Å². The van der Waals surface area contributed by atoms with Crippen molar-refractivity contribution in [3.8, 4) is 0 Å². The van der Waals surface area contributed by atoms with E-state index in [9.17, 15) is 9.59 Å². The first-order chi connectivity index (χ1) is 11.9. The van der Waals surface area contributed by atoms with Crippen LogP contribution in [-0.2, 0) is 23.8 Å². The molecule has 0 N–H and O–H groups in total. The molecule has 0 fully saturated rings. The van der Waals surface area contributed by atoms with Crippen LogP contribution in [0.1, 0.15) is 20.8 Å². The van der Waals surface area contributed by atoms with Crippen LogP contribution in [0.5, 0.6) is 0 Å². The second-order valence-electron chi connectivity index (χ2n) is 4.78. The van der Waals surface area contributed by atoms with Gasteiger partial charge in [0.15, 0.2) is 17.0 Å². The quantitative estimate of drug-likeness (QED) is 0.413. The minimum absolute atomic E-state index is 0.0151. The van der Waals surface area contributed by atoms with Gasteiger partial charge >= 0.3 is 11.9 Å². The monoisotopic (exact) mass is 383 g/mol. The van der Waals surface area contributed by atoms with Gasteiger partial charge in [0.1, 0.15) is 4.99 Å². The third kappa shape index (κ3) is 4.13. The molecule has 1 aromatic rings. The van der Waals surface area contributed by atoms with Crippen molar-refractivity contribution >= 4 is 46.8 Å². The zero-order valence-corrected chi connectivity index (χ0v) is 15.6. The third-order valence-electron chi connectivity index (χ3n) is 3.06. The van der Waals surface area contributed by atoms with Crippen LogP contribution < -0.4 is 0 Å². The number of nitrogens with zero attached hydrogens (tertiary/aromatic N) is 3. The van der Waals surface area contributed by atoms with Gasteiger partial charge in [-0.05, 0) is 31.7 Å². The highest BCUT2D eigenvalue weighted by molar-refractivity contribution is 8.01. The van der Waals surface area contributed by atoms with Gasteiger partial charge < -0.3 is 14.2 Å². The molecule has 0 amide bonds. The maximum absolute atomic E-state index is 12.8. The Kier molecular flexibility index (Phi) is 6.43. The Bertz CT molecular complexity index is 698. The predicted molar refractivity (Wildman–Crippen MR) is 94.2 cm³/mol. The number of hydrogen-bond donors (Lipinski definition) is 0. The van der Waals surface area contributed by atoms with Gasteiger partial charge in [-0.15, -0.1) is 0 Å². The molecule has 1 aromatic heterocycles. The van der Waals surface area contributed by atoms with Crippen molar-refractivity contribution in [2.45, 2.75) is 30.9 Å². The molecule has 0 unspecified atom stereocenters. The number of carbonyl (C=O) groups is 2. The summed E-state index contributed by atoms with van der Waals surface area (Å²) < 4.78 is 15.9. The van der Waals surface area contributed by atoms with Crippen LogP contribution >= 0.6 is 24.0 Å². The Hall–Kier alpha value is -2.07. The van der Waals surface area contributed by atoms with E-state index in [2.05, 4.69) is 15.0 Å². The SMILES string of the molecule is CCOC(=O)[C@@H]1C(=S)N=C(C)O[C@]1(Sc1ncccn1)C(=O)OCC. The molecule has 0 bridgehead atoms. The molecule has 1 aliphatic heterocycles. The lowest BCUT2D eigenvalue weighted by atomic mass is 10.00. The minimum Gasteiger partial charge on any atom is -0.465 e. The zero-order valence-electron chi connectivity index (χ0n) is 13.9. The van der Waals surface area contributed by atoms with Gasteiger partial charge in [0, 0.05) is 19.3 Å². The van der Waals surface area contributed by atoms with Gasteiger partial charge in [0.2, 0.25) is 0 Å². The van der Waals surface area contributed by atoms with Crippen molar-refractivity contribution in [2.75, 3.05) is 13.2 Å². The second-order valence-corrected chi connectivity index (χ2v) is 6.37. The van der Waals surface area contributed by atoms with Crippen LogP contribution in [0.25, 0.3) is 0 Å². The van der Waals surface area contributed by atoms with Gasteiger partial charge in [0.25, 0.3) is 4.93 Å². The number of carbonyl (C=O) groups excluding carboxylic acids is 2. The van der Waals surface area contributed by atoms with Crippen LogP contribution in [0.4, 0.5) is 0 Å². The van der Waals surface area contributed by atoms with E-state index in [-0.39, 0.29) is 29.3 Å². The summed E-state index contributed by atoms with van der Waals surface area (Å²) in [5.74, 6) is -2.62. The number of rotatable bonds is 6. The molecule has 1 aliphatic rings. The van der Waals surface area contributed by atoms with Crippen LogP contribution in [0.15, 0.2) is 28.6 Å². The summed E-state index contributed by atoms with van der Waals surface area (Å²) in [6, 6.07) is 1.63. The van der Waals surface area contributed by atoms with E-state index in [1.807, 2.05) is 0 Å². The Balaban J connectivity index is 2.55. The van der Waals surface area contributed by atoms with E-state index < -0.39 is 22.8 Å².